The monoisotopic (exact) mass is 476 g/mol. The summed E-state index contributed by atoms with van der Waals surface area (Å²) in [6.07, 6.45) is 30.2. The number of nitrogens with zero attached hydrogens (tertiary/aromatic N) is 2. The van der Waals surface area contributed by atoms with Crippen molar-refractivity contribution in [1.82, 2.24) is 9.97 Å². The molecule has 1 aromatic heterocycles. The first-order valence-electron chi connectivity index (χ1n) is 15.2. The molecule has 1 fully saturated rings. The highest BCUT2D eigenvalue weighted by atomic mass is 14.9. The van der Waals surface area contributed by atoms with Crippen molar-refractivity contribution < 1.29 is 0 Å². The Morgan fingerprint density at radius 2 is 1.06 bits per heavy atom. The van der Waals surface area contributed by atoms with Gasteiger partial charge in [0.15, 0.2) is 5.82 Å². The minimum Gasteiger partial charge on any atom is -0.236 e. The molecule has 0 bridgehead atoms. The molecule has 0 spiro atoms. The van der Waals surface area contributed by atoms with E-state index in [4.69, 9.17) is 0 Å². The van der Waals surface area contributed by atoms with Crippen molar-refractivity contribution in [2.75, 3.05) is 0 Å². The van der Waals surface area contributed by atoms with E-state index >= 15 is 0 Å². The lowest BCUT2D eigenvalue weighted by Crippen LogP contribution is -2.14. The van der Waals surface area contributed by atoms with Crippen LogP contribution in [0.3, 0.4) is 0 Å². The van der Waals surface area contributed by atoms with Gasteiger partial charge in [0.1, 0.15) is 0 Å². The average molecular weight is 477 g/mol. The third kappa shape index (κ3) is 10.8. The fraction of sp³-hybridized carbons (Fsp3) is 0.697. The van der Waals surface area contributed by atoms with Crippen LogP contribution in [0.2, 0.25) is 0 Å². The summed E-state index contributed by atoms with van der Waals surface area (Å²) in [6, 6.07) is 8.98. The Morgan fingerprint density at radius 3 is 1.69 bits per heavy atom. The van der Waals surface area contributed by atoms with Crippen LogP contribution >= 0.6 is 0 Å². The van der Waals surface area contributed by atoms with Gasteiger partial charge in [-0.3, -0.25) is 0 Å². The molecule has 0 N–H and O–H groups in total. The Kier molecular flexibility index (Phi) is 13.4. The second kappa shape index (κ2) is 16.9. The number of aryl methyl sites for hydroxylation is 2. The van der Waals surface area contributed by atoms with Crippen LogP contribution in [-0.4, -0.2) is 9.97 Å². The van der Waals surface area contributed by atoms with Gasteiger partial charge in [0.25, 0.3) is 0 Å². The number of benzene rings is 1. The predicted octanol–water partition coefficient (Wildman–Crippen LogP) is 10.1. The van der Waals surface area contributed by atoms with Crippen molar-refractivity contribution in [2.24, 2.45) is 11.8 Å². The van der Waals surface area contributed by atoms with Crippen LogP contribution in [0.5, 0.6) is 0 Å². The maximum Gasteiger partial charge on any atom is 0.159 e. The molecule has 0 saturated heterocycles. The molecule has 0 atom stereocenters. The summed E-state index contributed by atoms with van der Waals surface area (Å²) >= 11 is 0. The van der Waals surface area contributed by atoms with Gasteiger partial charge in [-0.05, 0) is 48.6 Å². The first kappa shape index (κ1) is 27.9. The molecule has 194 valence electrons. The van der Waals surface area contributed by atoms with E-state index in [1.54, 1.807) is 0 Å². The zero-order chi connectivity index (χ0) is 24.6. The standard InChI is InChI=1S/C33H52N2/c1-3-5-7-8-9-11-17-31-26-34-33(35-27-31)32-24-22-30(23-25-32)16-13-12-15-29-20-18-28(19-21-29)14-10-6-4-2/h22-29H,3-21H2,1-2H3/t28-,29-. The van der Waals surface area contributed by atoms with Gasteiger partial charge in [-0.1, -0.05) is 134 Å². The largest absolute Gasteiger partial charge is 0.236 e. The average Bonchev–Trinajstić information content (AvgIpc) is 2.90. The Bertz CT molecular complexity index is 772. The zero-order valence-corrected chi connectivity index (χ0v) is 22.9. The molecule has 1 aliphatic rings. The van der Waals surface area contributed by atoms with E-state index in [9.17, 15) is 0 Å². The highest BCUT2D eigenvalue weighted by Gasteiger charge is 2.20. The molecule has 0 unspecified atom stereocenters. The molecule has 2 aromatic rings. The smallest absolute Gasteiger partial charge is 0.159 e. The quantitative estimate of drug-likeness (QED) is 0.212. The summed E-state index contributed by atoms with van der Waals surface area (Å²) in [5, 5.41) is 0. The van der Waals surface area contributed by atoms with E-state index in [0.29, 0.717) is 0 Å². The highest BCUT2D eigenvalue weighted by molar-refractivity contribution is 5.55. The van der Waals surface area contributed by atoms with Crippen molar-refractivity contribution >= 4 is 0 Å². The lowest BCUT2D eigenvalue weighted by atomic mass is 9.78. The molecule has 0 aliphatic heterocycles. The minimum absolute atomic E-state index is 0.855. The lowest BCUT2D eigenvalue weighted by Gasteiger charge is -2.28. The van der Waals surface area contributed by atoms with E-state index < -0.39 is 0 Å². The number of hydrogen-bond donors (Lipinski definition) is 0. The Balaban J connectivity index is 1.29. The zero-order valence-electron chi connectivity index (χ0n) is 22.9. The van der Waals surface area contributed by atoms with Crippen molar-refractivity contribution in [3.8, 4) is 11.4 Å². The minimum atomic E-state index is 0.855. The van der Waals surface area contributed by atoms with E-state index in [0.717, 1.165) is 29.6 Å². The summed E-state index contributed by atoms with van der Waals surface area (Å²) in [5.74, 6) is 2.89. The van der Waals surface area contributed by atoms with Crippen molar-refractivity contribution in [2.45, 2.75) is 136 Å². The molecular weight excluding hydrogens is 424 g/mol. The molecule has 1 aromatic carbocycles. The number of aromatic nitrogens is 2. The Morgan fingerprint density at radius 1 is 0.571 bits per heavy atom. The highest BCUT2D eigenvalue weighted by Crippen LogP contribution is 2.34. The van der Waals surface area contributed by atoms with Crippen LogP contribution in [0, 0.1) is 11.8 Å². The summed E-state index contributed by atoms with van der Waals surface area (Å²) < 4.78 is 0. The molecular formula is C33H52N2. The second-order valence-corrected chi connectivity index (χ2v) is 11.3. The molecule has 0 amide bonds. The first-order chi connectivity index (χ1) is 17.3. The molecule has 2 heteroatoms. The first-order valence-corrected chi connectivity index (χ1v) is 15.2. The van der Waals surface area contributed by atoms with Gasteiger partial charge in [-0.2, -0.15) is 0 Å². The summed E-state index contributed by atoms with van der Waals surface area (Å²) in [6.45, 7) is 4.59. The third-order valence-electron chi connectivity index (χ3n) is 8.25. The molecule has 0 radical (unpaired) electrons. The van der Waals surface area contributed by atoms with Crippen LogP contribution in [0.25, 0.3) is 11.4 Å². The van der Waals surface area contributed by atoms with Crippen LogP contribution in [0.15, 0.2) is 36.7 Å². The lowest BCUT2D eigenvalue weighted by molar-refractivity contribution is 0.245. The van der Waals surface area contributed by atoms with Gasteiger partial charge in [-0.15, -0.1) is 0 Å². The Labute approximate surface area is 216 Å². The van der Waals surface area contributed by atoms with Gasteiger partial charge in [0, 0.05) is 18.0 Å². The van der Waals surface area contributed by atoms with E-state index in [1.165, 1.54) is 127 Å². The number of hydrogen-bond acceptors (Lipinski definition) is 2. The topological polar surface area (TPSA) is 25.8 Å². The summed E-state index contributed by atoms with van der Waals surface area (Å²) in [7, 11) is 0. The maximum atomic E-state index is 4.65. The number of unbranched alkanes of at least 4 members (excludes halogenated alkanes) is 8. The van der Waals surface area contributed by atoms with Gasteiger partial charge in [0.05, 0.1) is 0 Å². The second-order valence-electron chi connectivity index (χ2n) is 11.3. The van der Waals surface area contributed by atoms with Crippen molar-refractivity contribution in [3.63, 3.8) is 0 Å². The van der Waals surface area contributed by atoms with Gasteiger partial charge in [0.2, 0.25) is 0 Å². The summed E-state index contributed by atoms with van der Waals surface area (Å²) in [5.41, 5.74) is 3.86. The third-order valence-corrected chi connectivity index (χ3v) is 8.25. The van der Waals surface area contributed by atoms with Gasteiger partial charge in [-0.25, -0.2) is 9.97 Å². The normalized spacial score (nSPS) is 18.1. The van der Waals surface area contributed by atoms with E-state index in [2.05, 4.69) is 48.1 Å². The molecule has 1 saturated carbocycles. The van der Waals surface area contributed by atoms with Gasteiger partial charge < -0.3 is 0 Å². The molecule has 1 heterocycles. The molecule has 3 rings (SSSR count). The van der Waals surface area contributed by atoms with Crippen LogP contribution < -0.4 is 0 Å². The van der Waals surface area contributed by atoms with Crippen molar-refractivity contribution in [3.05, 3.63) is 47.8 Å². The Hall–Kier alpha value is -1.70. The van der Waals surface area contributed by atoms with Crippen LogP contribution in [0.4, 0.5) is 0 Å². The number of rotatable bonds is 17. The maximum absolute atomic E-state index is 4.65. The van der Waals surface area contributed by atoms with Crippen LogP contribution in [0.1, 0.15) is 134 Å². The summed E-state index contributed by atoms with van der Waals surface area (Å²) in [4.78, 5) is 9.30. The molecule has 1 aliphatic carbocycles. The predicted molar refractivity (Wildman–Crippen MR) is 152 cm³/mol. The molecule has 35 heavy (non-hydrogen) atoms. The van der Waals surface area contributed by atoms with Crippen molar-refractivity contribution in [1.29, 1.82) is 0 Å². The SMILES string of the molecule is CCCCCCCCc1cnc(-c2ccc(CCCC[C@H]3CC[C@H](CCCCC)CC3)cc2)nc1. The fourth-order valence-electron chi connectivity index (χ4n) is 5.82. The van der Waals surface area contributed by atoms with Gasteiger partial charge >= 0.3 is 0 Å². The van der Waals surface area contributed by atoms with E-state index in [1.807, 2.05) is 12.4 Å². The molecule has 2 nitrogen and oxygen atoms in total. The fourth-order valence-corrected chi connectivity index (χ4v) is 5.82. The van der Waals surface area contributed by atoms with E-state index in [-0.39, 0.29) is 0 Å². The van der Waals surface area contributed by atoms with Crippen LogP contribution in [-0.2, 0) is 12.8 Å².